The van der Waals surface area contributed by atoms with E-state index in [9.17, 15) is 4.79 Å². The van der Waals surface area contributed by atoms with Gasteiger partial charge in [0.25, 0.3) is 0 Å². The molecule has 1 N–H and O–H groups in total. The lowest BCUT2D eigenvalue weighted by atomic mass is 10.2. The highest BCUT2D eigenvalue weighted by atomic mass is 79.9. The third-order valence-corrected chi connectivity index (χ3v) is 5.84. The zero-order chi connectivity index (χ0) is 20.3. The molecule has 0 radical (unpaired) electrons. The molecule has 0 bridgehead atoms. The van der Waals surface area contributed by atoms with Gasteiger partial charge in [0.15, 0.2) is 11.0 Å². The summed E-state index contributed by atoms with van der Waals surface area (Å²) >= 11 is 16.8. The van der Waals surface area contributed by atoms with Crippen LogP contribution < -0.4 is 10.1 Å². The number of anilines is 1. The zero-order valence-electron chi connectivity index (χ0n) is 14.9. The smallest absolute Gasteiger partial charge is 0.234 e. The van der Waals surface area contributed by atoms with E-state index in [4.69, 9.17) is 27.9 Å². The molecular formula is C18H15BrCl2N4O2S. The number of methoxy groups -OCH3 is 1. The van der Waals surface area contributed by atoms with Crippen LogP contribution >= 0.6 is 50.9 Å². The summed E-state index contributed by atoms with van der Waals surface area (Å²) in [5, 5.41) is 12.8. The number of nitrogens with zero attached hydrogens (tertiary/aromatic N) is 3. The Kier molecular flexibility index (Phi) is 6.87. The molecule has 0 aliphatic rings. The Hall–Kier alpha value is -1.74. The number of ether oxygens (including phenoxy) is 1. The van der Waals surface area contributed by atoms with Crippen LogP contribution in [0.4, 0.5) is 5.69 Å². The Balaban J connectivity index is 1.71. The van der Waals surface area contributed by atoms with E-state index in [1.807, 2.05) is 13.1 Å². The number of aromatic nitrogens is 3. The highest BCUT2D eigenvalue weighted by Gasteiger charge is 2.17. The molecule has 0 aliphatic heterocycles. The van der Waals surface area contributed by atoms with Gasteiger partial charge in [0.2, 0.25) is 5.91 Å². The van der Waals surface area contributed by atoms with Gasteiger partial charge in [-0.1, -0.05) is 50.9 Å². The normalized spacial score (nSPS) is 10.8. The maximum Gasteiger partial charge on any atom is 0.234 e. The summed E-state index contributed by atoms with van der Waals surface area (Å²) in [6, 6.07) is 10.5. The third-order valence-electron chi connectivity index (χ3n) is 3.77. The number of hydrogen-bond acceptors (Lipinski definition) is 5. The van der Waals surface area contributed by atoms with Crippen molar-refractivity contribution in [2.45, 2.75) is 5.16 Å². The molecule has 1 aromatic heterocycles. The van der Waals surface area contributed by atoms with Gasteiger partial charge in [0, 0.05) is 16.5 Å². The minimum atomic E-state index is -0.195. The van der Waals surface area contributed by atoms with E-state index in [1.54, 1.807) is 42.0 Å². The molecule has 3 aromatic rings. The minimum Gasteiger partial charge on any atom is -0.496 e. The van der Waals surface area contributed by atoms with Gasteiger partial charge in [-0.2, -0.15) is 0 Å². The maximum absolute atomic E-state index is 12.3. The molecule has 0 aliphatic carbocycles. The van der Waals surface area contributed by atoms with Crippen molar-refractivity contribution in [3.8, 4) is 17.1 Å². The van der Waals surface area contributed by atoms with Crippen LogP contribution in [0.2, 0.25) is 10.0 Å². The number of nitrogens with one attached hydrogen (secondary N) is 1. The first-order valence-corrected chi connectivity index (χ1v) is 10.5. The monoisotopic (exact) mass is 500 g/mol. The Morgan fingerprint density at radius 3 is 2.75 bits per heavy atom. The van der Waals surface area contributed by atoms with E-state index in [2.05, 4.69) is 31.4 Å². The van der Waals surface area contributed by atoms with Gasteiger partial charge in [-0.05, 0) is 36.4 Å². The SMILES string of the molecule is COc1ccc(Cl)cc1-c1nnc(SCC(=O)Nc2ccc(Br)cc2Cl)n1C. The van der Waals surface area contributed by atoms with Crippen molar-refractivity contribution in [1.82, 2.24) is 14.8 Å². The van der Waals surface area contributed by atoms with Gasteiger partial charge >= 0.3 is 0 Å². The van der Waals surface area contributed by atoms with E-state index >= 15 is 0 Å². The number of carbonyl (C=O) groups is 1. The standard InChI is InChI=1S/C18H15BrCl2N4O2S/c1-25-17(12-8-11(20)4-6-15(12)27-2)23-24-18(25)28-9-16(26)22-14-5-3-10(19)7-13(14)21/h3-8H,9H2,1-2H3,(H,22,26). The lowest BCUT2D eigenvalue weighted by Crippen LogP contribution is -2.14. The summed E-state index contributed by atoms with van der Waals surface area (Å²) in [5.74, 6) is 1.20. The summed E-state index contributed by atoms with van der Waals surface area (Å²) in [5.41, 5.74) is 1.28. The molecule has 0 fully saturated rings. The summed E-state index contributed by atoms with van der Waals surface area (Å²) in [6.07, 6.45) is 0. The molecule has 0 unspecified atom stereocenters. The van der Waals surface area contributed by atoms with Crippen molar-refractivity contribution >= 4 is 62.5 Å². The molecule has 146 valence electrons. The Labute approximate surface area is 184 Å². The first kappa shape index (κ1) is 21.0. The number of benzene rings is 2. The Morgan fingerprint density at radius 2 is 2.04 bits per heavy atom. The van der Waals surface area contributed by atoms with Crippen LogP contribution in [0.5, 0.6) is 5.75 Å². The number of rotatable bonds is 6. The number of thioether (sulfide) groups is 1. The minimum absolute atomic E-state index is 0.158. The second kappa shape index (κ2) is 9.17. The van der Waals surface area contributed by atoms with Crippen molar-refractivity contribution in [1.29, 1.82) is 0 Å². The lowest BCUT2D eigenvalue weighted by molar-refractivity contribution is -0.113. The van der Waals surface area contributed by atoms with E-state index in [1.165, 1.54) is 11.8 Å². The van der Waals surface area contributed by atoms with Crippen molar-refractivity contribution in [3.05, 3.63) is 50.9 Å². The van der Waals surface area contributed by atoms with E-state index in [-0.39, 0.29) is 11.7 Å². The molecule has 2 aromatic carbocycles. The van der Waals surface area contributed by atoms with Crippen LogP contribution in [-0.2, 0) is 11.8 Å². The molecule has 1 heterocycles. The van der Waals surface area contributed by atoms with E-state index in [0.29, 0.717) is 32.5 Å². The highest BCUT2D eigenvalue weighted by molar-refractivity contribution is 9.10. The van der Waals surface area contributed by atoms with Gasteiger partial charge < -0.3 is 14.6 Å². The molecular weight excluding hydrogens is 487 g/mol. The van der Waals surface area contributed by atoms with Gasteiger partial charge in [-0.25, -0.2) is 0 Å². The van der Waals surface area contributed by atoms with Crippen LogP contribution in [0, 0.1) is 0 Å². The second-order valence-corrected chi connectivity index (χ2v) is 8.37. The van der Waals surface area contributed by atoms with Gasteiger partial charge in [0.1, 0.15) is 5.75 Å². The average molecular weight is 502 g/mol. The van der Waals surface area contributed by atoms with Crippen LogP contribution in [0.15, 0.2) is 46.0 Å². The fraction of sp³-hybridized carbons (Fsp3) is 0.167. The Bertz CT molecular complexity index is 1030. The third kappa shape index (κ3) is 4.81. The first-order chi connectivity index (χ1) is 13.4. The number of halogens is 3. The number of amides is 1. The molecule has 6 nitrogen and oxygen atoms in total. The fourth-order valence-electron chi connectivity index (χ4n) is 2.44. The summed E-state index contributed by atoms with van der Waals surface area (Å²) in [7, 11) is 3.40. The summed E-state index contributed by atoms with van der Waals surface area (Å²) in [4.78, 5) is 12.3. The van der Waals surface area contributed by atoms with Gasteiger partial charge in [0.05, 0.1) is 29.1 Å². The van der Waals surface area contributed by atoms with Crippen molar-refractivity contribution in [3.63, 3.8) is 0 Å². The molecule has 1 amide bonds. The number of carbonyl (C=O) groups excluding carboxylic acids is 1. The van der Waals surface area contributed by atoms with Crippen LogP contribution in [0.1, 0.15) is 0 Å². The lowest BCUT2D eigenvalue weighted by Gasteiger charge is -2.09. The van der Waals surface area contributed by atoms with Gasteiger partial charge in [-0.3, -0.25) is 4.79 Å². The molecule has 0 atom stereocenters. The second-order valence-electron chi connectivity index (χ2n) is 5.67. The first-order valence-electron chi connectivity index (χ1n) is 8.00. The largest absolute Gasteiger partial charge is 0.496 e. The molecule has 0 saturated carbocycles. The molecule has 3 rings (SSSR count). The molecule has 0 saturated heterocycles. The highest BCUT2D eigenvalue weighted by Crippen LogP contribution is 2.33. The van der Waals surface area contributed by atoms with E-state index < -0.39 is 0 Å². The predicted octanol–water partition coefficient (Wildman–Crippen LogP) is 5.29. The topological polar surface area (TPSA) is 69.0 Å². The molecule has 10 heteroatoms. The van der Waals surface area contributed by atoms with Crippen molar-refractivity contribution in [2.75, 3.05) is 18.2 Å². The Morgan fingerprint density at radius 1 is 1.25 bits per heavy atom. The zero-order valence-corrected chi connectivity index (χ0v) is 18.8. The van der Waals surface area contributed by atoms with Crippen LogP contribution in [0.3, 0.4) is 0 Å². The van der Waals surface area contributed by atoms with Crippen molar-refractivity contribution < 1.29 is 9.53 Å². The molecule has 28 heavy (non-hydrogen) atoms. The number of hydrogen-bond donors (Lipinski definition) is 1. The summed E-state index contributed by atoms with van der Waals surface area (Å²) < 4.78 is 8.01. The quantitative estimate of drug-likeness (QED) is 0.464. The van der Waals surface area contributed by atoms with E-state index in [0.717, 1.165) is 10.0 Å². The summed E-state index contributed by atoms with van der Waals surface area (Å²) in [6.45, 7) is 0. The van der Waals surface area contributed by atoms with Gasteiger partial charge in [-0.15, -0.1) is 10.2 Å². The molecule has 0 spiro atoms. The maximum atomic E-state index is 12.3. The van der Waals surface area contributed by atoms with Crippen LogP contribution in [-0.4, -0.2) is 33.5 Å². The van der Waals surface area contributed by atoms with Crippen molar-refractivity contribution in [2.24, 2.45) is 7.05 Å². The average Bonchev–Trinajstić information content (AvgIpc) is 3.02. The predicted molar refractivity (Wildman–Crippen MR) is 117 cm³/mol. The fourth-order valence-corrected chi connectivity index (χ4v) is 4.04. The van der Waals surface area contributed by atoms with Crippen LogP contribution in [0.25, 0.3) is 11.4 Å².